The van der Waals surface area contributed by atoms with Gasteiger partial charge in [0.15, 0.2) is 6.61 Å². The van der Waals surface area contributed by atoms with Gasteiger partial charge in [0.1, 0.15) is 5.75 Å². The summed E-state index contributed by atoms with van der Waals surface area (Å²) in [5.74, 6) is 0.867. The lowest BCUT2D eigenvalue weighted by Crippen LogP contribution is -2.39. The number of amides is 1. The molecule has 0 bridgehead atoms. The highest BCUT2D eigenvalue weighted by atomic mass is 79.9. The molecule has 1 aliphatic heterocycles. The Bertz CT molecular complexity index is 420. The summed E-state index contributed by atoms with van der Waals surface area (Å²) >= 11 is 3.40. The molecule has 0 unspecified atom stereocenters. The molecule has 17 heavy (non-hydrogen) atoms. The van der Waals surface area contributed by atoms with Crippen molar-refractivity contribution in [2.24, 2.45) is 0 Å². The molecule has 1 amide bonds. The van der Waals surface area contributed by atoms with Crippen molar-refractivity contribution in [3.05, 3.63) is 23.8 Å². The van der Waals surface area contributed by atoms with Gasteiger partial charge in [0.25, 0.3) is 5.91 Å². The lowest BCUT2D eigenvalue weighted by molar-refractivity contribution is -0.121. The van der Waals surface area contributed by atoms with Gasteiger partial charge >= 0.3 is 0 Å². The van der Waals surface area contributed by atoms with Crippen molar-refractivity contribution in [2.75, 3.05) is 23.4 Å². The van der Waals surface area contributed by atoms with Crippen molar-refractivity contribution >= 4 is 27.5 Å². The zero-order valence-corrected chi connectivity index (χ0v) is 11.5. The van der Waals surface area contributed by atoms with Crippen molar-refractivity contribution in [3.63, 3.8) is 0 Å². The molecule has 0 aliphatic carbocycles. The third kappa shape index (κ3) is 2.80. The summed E-state index contributed by atoms with van der Waals surface area (Å²) in [4.78, 5) is 13.7. The quantitative estimate of drug-likeness (QED) is 0.632. The number of carbonyl (C=O) groups is 1. The molecule has 3 nitrogen and oxygen atoms in total. The van der Waals surface area contributed by atoms with Crippen LogP contribution >= 0.6 is 15.9 Å². The Labute approximate surface area is 110 Å². The topological polar surface area (TPSA) is 29.5 Å². The summed E-state index contributed by atoms with van der Waals surface area (Å²) in [5, 5.41) is 0.978. The van der Waals surface area contributed by atoms with Gasteiger partial charge in [-0.25, -0.2) is 0 Å². The molecular formula is C13H16BrNO2. The highest BCUT2D eigenvalue weighted by Crippen LogP contribution is 2.32. The highest BCUT2D eigenvalue weighted by Gasteiger charge is 2.24. The zero-order valence-electron chi connectivity index (χ0n) is 9.91. The van der Waals surface area contributed by atoms with Gasteiger partial charge in [0, 0.05) is 11.9 Å². The number of rotatable bonds is 4. The molecule has 0 spiro atoms. The third-order valence-corrected chi connectivity index (χ3v) is 3.38. The van der Waals surface area contributed by atoms with Crippen molar-refractivity contribution in [1.29, 1.82) is 0 Å². The molecule has 2 rings (SSSR count). The summed E-state index contributed by atoms with van der Waals surface area (Å²) in [7, 11) is 0. The molecule has 1 aromatic rings. The third-order valence-electron chi connectivity index (χ3n) is 2.82. The van der Waals surface area contributed by atoms with E-state index in [4.69, 9.17) is 4.74 Å². The van der Waals surface area contributed by atoms with Gasteiger partial charge in [-0.1, -0.05) is 22.0 Å². The van der Waals surface area contributed by atoms with Gasteiger partial charge in [-0.05, 0) is 37.5 Å². The number of anilines is 1. The molecule has 1 aliphatic rings. The molecule has 0 fully saturated rings. The number of hydrogen-bond donors (Lipinski definition) is 0. The Morgan fingerprint density at radius 1 is 1.41 bits per heavy atom. The minimum Gasteiger partial charge on any atom is -0.482 e. The van der Waals surface area contributed by atoms with Crippen LogP contribution in [-0.2, 0) is 4.79 Å². The summed E-state index contributed by atoms with van der Waals surface area (Å²) in [6, 6.07) is 5.96. The number of nitrogens with zero attached hydrogens (tertiary/aromatic N) is 1. The van der Waals surface area contributed by atoms with Crippen molar-refractivity contribution < 1.29 is 9.53 Å². The highest BCUT2D eigenvalue weighted by molar-refractivity contribution is 9.09. The largest absolute Gasteiger partial charge is 0.482 e. The Morgan fingerprint density at radius 3 is 3.00 bits per heavy atom. The summed E-state index contributed by atoms with van der Waals surface area (Å²) in [6.45, 7) is 2.95. The van der Waals surface area contributed by atoms with Gasteiger partial charge in [0.2, 0.25) is 0 Å². The smallest absolute Gasteiger partial charge is 0.265 e. The summed E-state index contributed by atoms with van der Waals surface area (Å²) < 4.78 is 5.43. The molecule has 0 atom stereocenters. The standard InChI is InChI=1S/C13H16BrNO2/c1-10-4-5-12-11(8-10)15(7-3-2-6-14)13(16)9-17-12/h4-5,8H,2-3,6-7,9H2,1H3. The molecule has 0 radical (unpaired) electrons. The molecule has 4 heteroatoms. The van der Waals surface area contributed by atoms with E-state index >= 15 is 0 Å². The molecular weight excluding hydrogens is 282 g/mol. The van der Waals surface area contributed by atoms with Crippen LogP contribution in [0.3, 0.4) is 0 Å². The van der Waals surface area contributed by atoms with Crippen LogP contribution < -0.4 is 9.64 Å². The molecule has 0 saturated heterocycles. The Kier molecular flexibility index (Phi) is 4.05. The predicted octanol–water partition coefficient (Wildman–Crippen LogP) is 2.90. The number of fused-ring (bicyclic) bond motifs is 1. The van der Waals surface area contributed by atoms with Gasteiger partial charge in [-0.15, -0.1) is 0 Å². The predicted molar refractivity (Wildman–Crippen MR) is 72.1 cm³/mol. The lowest BCUT2D eigenvalue weighted by atomic mass is 10.1. The van der Waals surface area contributed by atoms with E-state index < -0.39 is 0 Å². The van der Waals surface area contributed by atoms with E-state index in [-0.39, 0.29) is 12.5 Å². The van der Waals surface area contributed by atoms with Crippen molar-refractivity contribution in [3.8, 4) is 5.75 Å². The van der Waals surface area contributed by atoms with Crippen molar-refractivity contribution in [1.82, 2.24) is 0 Å². The molecule has 0 aromatic heterocycles. The minimum absolute atomic E-state index is 0.0534. The summed E-state index contributed by atoms with van der Waals surface area (Å²) in [6.07, 6.45) is 2.08. The van der Waals surface area contributed by atoms with Crippen LogP contribution in [0.1, 0.15) is 18.4 Å². The van der Waals surface area contributed by atoms with Crippen LogP contribution in [0.15, 0.2) is 18.2 Å². The first-order valence-corrected chi connectivity index (χ1v) is 6.94. The maximum Gasteiger partial charge on any atom is 0.265 e. The molecule has 1 heterocycles. The van der Waals surface area contributed by atoms with Gasteiger partial charge in [-0.3, -0.25) is 4.79 Å². The van der Waals surface area contributed by atoms with E-state index in [1.54, 1.807) is 0 Å². The average molecular weight is 298 g/mol. The molecule has 92 valence electrons. The van der Waals surface area contributed by atoms with E-state index in [0.29, 0.717) is 0 Å². The van der Waals surface area contributed by atoms with Crippen molar-refractivity contribution in [2.45, 2.75) is 19.8 Å². The second kappa shape index (κ2) is 5.54. The summed E-state index contributed by atoms with van der Waals surface area (Å²) in [5.41, 5.74) is 2.06. The minimum atomic E-state index is 0.0534. The van der Waals surface area contributed by atoms with Gasteiger partial charge in [-0.2, -0.15) is 0 Å². The van der Waals surface area contributed by atoms with E-state index in [9.17, 15) is 4.79 Å². The fraction of sp³-hybridized carbons (Fsp3) is 0.462. The number of hydrogen-bond acceptors (Lipinski definition) is 2. The maximum atomic E-state index is 11.9. The number of aryl methyl sites for hydroxylation is 1. The first-order chi connectivity index (χ1) is 8.22. The second-order valence-corrected chi connectivity index (χ2v) is 4.99. The van der Waals surface area contributed by atoms with E-state index in [1.807, 2.05) is 30.0 Å². The molecule has 1 aromatic carbocycles. The number of carbonyl (C=O) groups excluding carboxylic acids is 1. The van der Waals surface area contributed by atoms with Crippen LogP contribution in [0.2, 0.25) is 0 Å². The zero-order chi connectivity index (χ0) is 12.3. The molecule has 0 N–H and O–H groups in total. The Hall–Kier alpha value is -1.03. The maximum absolute atomic E-state index is 11.9. The Balaban J connectivity index is 2.20. The van der Waals surface area contributed by atoms with Crippen LogP contribution in [-0.4, -0.2) is 24.4 Å². The monoisotopic (exact) mass is 297 g/mol. The number of benzene rings is 1. The van der Waals surface area contributed by atoms with E-state index in [0.717, 1.165) is 41.7 Å². The van der Waals surface area contributed by atoms with E-state index in [2.05, 4.69) is 15.9 Å². The van der Waals surface area contributed by atoms with Crippen LogP contribution in [0, 0.1) is 6.92 Å². The van der Waals surface area contributed by atoms with Crippen LogP contribution in [0.25, 0.3) is 0 Å². The number of alkyl halides is 1. The van der Waals surface area contributed by atoms with Crippen LogP contribution in [0.4, 0.5) is 5.69 Å². The normalized spacial score (nSPS) is 14.5. The number of unbranched alkanes of at least 4 members (excludes halogenated alkanes) is 1. The van der Waals surface area contributed by atoms with Crippen LogP contribution in [0.5, 0.6) is 5.75 Å². The number of halogens is 1. The molecule has 0 saturated carbocycles. The second-order valence-electron chi connectivity index (χ2n) is 4.20. The Morgan fingerprint density at radius 2 is 2.24 bits per heavy atom. The average Bonchev–Trinajstić information content (AvgIpc) is 2.32. The van der Waals surface area contributed by atoms with Gasteiger partial charge in [0.05, 0.1) is 5.69 Å². The van der Waals surface area contributed by atoms with Gasteiger partial charge < -0.3 is 9.64 Å². The lowest BCUT2D eigenvalue weighted by Gasteiger charge is -2.29. The SMILES string of the molecule is Cc1ccc2c(c1)N(CCCCBr)C(=O)CO2. The fourth-order valence-corrected chi connectivity index (χ4v) is 2.32. The first-order valence-electron chi connectivity index (χ1n) is 5.82. The fourth-order valence-electron chi connectivity index (χ4n) is 1.92. The van der Waals surface area contributed by atoms with E-state index in [1.165, 1.54) is 0 Å². The number of ether oxygens (including phenoxy) is 1. The first kappa shape index (κ1) is 12.4.